The van der Waals surface area contributed by atoms with Crippen LogP contribution in [0.15, 0.2) is 48.5 Å². The molecule has 0 aliphatic carbocycles. The summed E-state index contributed by atoms with van der Waals surface area (Å²) in [5.74, 6) is 1.90. The van der Waals surface area contributed by atoms with E-state index in [2.05, 4.69) is 5.32 Å². The van der Waals surface area contributed by atoms with E-state index in [0.29, 0.717) is 29.7 Å². The molecule has 7 nitrogen and oxygen atoms in total. The number of nitrogens with one attached hydrogen (secondary N) is 1. The molecule has 0 spiro atoms. The topological polar surface area (TPSA) is 68.6 Å². The van der Waals surface area contributed by atoms with Gasteiger partial charge < -0.3 is 19.7 Å². The number of carbonyl (C=O) groups excluding carboxylic acids is 1. The molecule has 182 valence electrons. The Hall–Kier alpha value is -3.19. The first-order valence-electron chi connectivity index (χ1n) is 11.3. The standard InChI is InChI=1S/C26H33ClN4O3/c1-7-15-30(25(32)28-26(3,4)5)17-23-18(2)29-31(20-10-8-9-19(27)16-20)24(23)34-22-13-11-21(33-6)12-14-22/h8-14,16H,7,15,17H2,1-6H3,(H,28,32). The van der Waals surface area contributed by atoms with Crippen molar-refractivity contribution in [3.05, 3.63) is 64.8 Å². The first-order valence-corrected chi connectivity index (χ1v) is 11.7. The van der Waals surface area contributed by atoms with Crippen molar-refractivity contribution in [2.24, 2.45) is 0 Å². The number of ether oxygens (including phenoxy) is 2. The second-order valence-electron chi connectivity index (χ2n) is 9.14. The summed E-state index contributed by atoms with van der Waals surface area (Å²) in [6.45, 7) is 10.8. The van der Waals surface area contributed by atoms with Crippen molar-refractivity contribution >= 4 is 17.6 Å². The highest BCUT2D eigenvalue weighted by molar-refractivity contribution is 6.30. The van der Waals surface area contributed by atoms with Crippen LogP contribution < -0.4 is 14.8 Å². The summed E-state index contributed by atoms with van der Waals surface area (Å²) in [5.41, 5.74) is 2.03. The minimum atomic E-state index is -0.342. The molecule has 1 N–H and O–H groups in total. The number of urea groups is 1. The van der Waals surface area contributed by atoms with Gasteiger partial charge in [0.15, 0.2) is 0 Å². The number of nitrogens with zero attached hydrogens (tertiary/aromatic N) is 3. The fourth-order valence-corrected chi connectivity index (χ4v) is 3.66. The molecule has 0 bridgehead atoms. The number of aromatic nitrogens is 2. The maximum atomic E-state index is 13.0. The molecule has 8 heteroatoms. The van der Waals surface area contributed by atoms with Crippen LogP contribution in [0.3, 0.4) is 0 Å². The lowest BCUT2D eigenvalue weighted by Gasteiger charge is -2.28. The van der Waals surface area contributed by atoms with Gasteiger partial charge in [0.1, 0.15) is 11.5 Å². The molecule has 3 rings (SSSR count). The summed E-state index contributed by atoms with van der Waals surface area (Å²) in [5, 5.41) is 8.41. The normalized spacial score (nSPS) is 11.3. The Morgan fingerprint density at radius 1 is 1.15 bits per heavy atom. The third-order valence-corrected chi connectivity index (χ3v) is 5.31. The lowest BCUT2D eigenvalue weighted by atomic mass is 10.1. The molecule has 2 amide bonds. The van der Waals surface area contributed by atoms with Crippen molar-refractivity contribution in [3.63, 3.8) is 0 Å². The summed E-state index contributed by atoms with van der Waals surface area (Å²) in [6.07, 6.45) is 0.827. The molecule has 0 saturated heterocycles. The van der Waals surface area contributed by atoms with Gasteiger partial charge in [0.2, 0.25) is 5.88 Å². The van der Waals surface area contributed by atoms with E-state index in [1.165, 1.54) is 0 Å². The molecule has 0 aliphatic heterocycles. The Morgan fingerprint density at radius 3 is 2.41 bits per heavy atom. The van der Waals surface area contributed by atoms with Gasteiger partial charge in [-0.25, -0.2) is 9.48 Å². The van der Waals surface area contributed by atoms with Gasteiger partial charge in [0.05, 0.1) is 30.6 Å². The number of benzene rings is 2. The molecule has 2 aromatic carbocycles. The number of carbonyl (C=O) groups is 1. The SMILES string of the molecule is CCCN(Cc1c(C)nn(-c2cccc(Cl)c2)c1Oc1ccc(OC)cc1)C(=O)NC(C)(C)C. The Morgan fingerprint density at radius 2 is 1.82 bits per heavy atom. The molecular weight excluding hydrogens is 452 g/mol. The van der Waals surface area contributed by atoms with Gasteiger partial charge in [-0.1, -0.05) is 24.6 Å². The highest BCUT2D eigenvalue weighted by Crippen LogP contribution is 2.33. The number of hydrogen-bond donors (Lipinski definition) is 1. The molecule has 3 aromatic rings. The minimum Gasteiger partial charge on any atom is -0.497 e. The summed E-state index contributed by atoms with van der Waals surface area (Å²) >= 11 is 6.26. The van der Waals surface area contributed by atoms with Crippen LogP contribution in [-0.2, 0) is 6.54 Å². The van der Waals surface area contributed by atoms with Gasteiger partial charge in [-0.3, -0.25) is 0 Å². The molecule has 1 aromatic heterocycles. The van der Waals surface area contributed by atoms with Crippen molar-refractivity contribution in [2.75, 3.05) is 13.7 Å². The van der Waals surface area contributed by atoms with Crippen LogP contribution in [0.2, 0.25) is 5.02 Å². The monoisotopic (exact) mass is 484 g/mol. The Bertz CT molecular complexity index is 1120. The van der Waals surface area contributed by atoms with Gasteiger partial charge in [-0.05, 0) is 76.6 Å². The van der Waals surface area contributed by atoms with Gasteiger partial charge in [-0.15, -0.1) is 0 Å². The second kappa shape index (κ2) is 10.8. The Kier molecular flexibility index (Phi) is 8.10. The number of rotatable bonds is 8. The fourth-order valence-electron chi connectivity index (χ4n) is 3.48. The fraction of sp³-hybridized carbons (Fsp3) is 0.385. The Balaban J connectivity index is 2.04. The molecule has 0 unspecified atom stereocenters. The van der Waals surface area contributed by atoms with Gasteiger partial charge >= 0.3 is 6.03 Å². The first-order chi connectivity index (χ1) is 16.1. The lowest BCUT2D eigenvalue weighted by molar-refractivity contribution is 0.185. The zero-order chi connectivity index (χ0) is 24.9. The quantitative estimate of drug-likeness (QED) is 0.404. The lowest BCUT2D eigenvalue weighted by Crippen LogP contribution is -2.48. The van der Waals surface area contributed by atoms with E-state index < -0.39 is 0 Å². The van der Waals surface area contributed by atoms with E-state index in [1.54, 1.807) is 16.7 Å². The van der Waals surface area contributed by atoms with Crippen LogP contribution in [0, 0.1) is 6.92 Å². The molecule has 34 heavy (non-hydrogen) atoms. The van der Waals surface area contributed by atoms with Crippen molar-refractivity contribution in [1.29, 1.82) is 0 Å². The molecule has 0 atom stereocenters. The van der Waals surface area contributed by atoms with E-state index in [-0.39, 0.29) is 11.6 Å². The Labute approximate surface area is 206 Å². The second-order valence-corrected chi connectivity index (χ2v) is 9.58. The highest BCUT2D eigenvalue weighted by atomic mass is 35.5. The third-order valence-electron chi connectivity index (χ3n) is 5.08. The van der Waals surface area contributed by atoms with Crippen molar-refractivity contribution in [3.8, 4) is 23.1 Å². The molecule has 0 fully saturated rings. The van der Waals surface area contributed by atoms with Crippen molar-refractivity contribution in [1.82, 2.24) is 20.0 Å². The number of amides is 2. The van der Waals surface area contributed by atoms with E-state index in [1.807, 2.05) is 83.1 Å². The van der Waals surface area contributed by atoms with Gasteiger partial charge in [0, 0.05) is 17.1 Å². The maximum absolute atomic E-state index is 13.0. The number of aryl methyl sites for hydroxylation is 1. The third kappa shape index (κ3) is 6.44. The molecule has 1 heterocycles. The van der Waals surface area contributed by atoms with E-state index >= 15 is 0 Å². The average molecular weight is 485 g/mol. The van der Waals surface area contributed by atoms with Gasteiger partial charge in [0.25, 0.3) is 0 Å². The smallest absolute Gasteiger partial charge is 0.318 e. The molecular formula is C26H33ClN4O3. The van der Waals surface area contributed by atoms with E-state index in [0.717, 1.165) is 29.1 Å². The van der Waals surface area contributed by atoms with Crippen molar-refractivity contribution in [2.45, 2.75) is 53.1 Å². The molecule has 0 radical (unpaired) electrons. The molecule has 0 aliphatic rings. The van der Waals surface area contributed by atoms with Crippen LogP contribution in [0.1, 0.15) is 45.4 Å². The largest absolute Gasteiger partial charge is 0.497 e. The van der Waals surface area contributed by atoms with Crippen LogP contribution in [0.4, 0.5) is 4.79 Å². The van der Waals surface area contributed by atoms with Gasteiger partial charge in [-0.2, -0.15) is 5.10 Å². The number of methoxy groups -OCH3 is 1. The van der Waals surface area contributed by atoms with Crippen LogP contribution in [0.25, 0.3) is 5.69 Å². The predicted octanol–water partition coefficient (Wildman–Crippen LogP) is 6.36. The van der Waals surface area contributed by atoms with E-state index in [4.69, 9.17) is 26.2 Å². The predicted molar refractivity (Wildman–Crippen MR) is 135 cm³/mol. The summed E-state index contributed by atoms with van der Waals surface area (Å²) in [6, 6.07) is 14.6. The van der Waals surface area contributed by atoms with Crippen molar-refractivity contribution < 1.29 is 14.3 Å². The van der Waals surface area contributed by atoms with Crippen LogP contribution in [0.5, 0.6) is 17.4 Å². The van der Waals surface area contributed by atoms with Crippen LogP contribution in [-0.4, -0.2) is 39.9 Å². The summed E-state index contributed by atoms with van der Waals surface area (Å²) < 4.78 is 13.3. The average Bonchev–Trinajstić information content (AvgIpc) is 3.08. The zero-order valence-corrected chi connectivity index (χ0v) is 21.4. The van der Waals surface area contributed by atoms with E-state index in [9.17, 15) is 4.79 Å². The molecule has 0 saturated carbocycles. The van der Waals surface area contributed by atoms with Crippen LogP contribution >= 0.6 is 11.6 Å². The first kappa shape index (κ1) is 25.4. The highest BCUT2D eigenvalue weighted by Gasteiger charge is 2.25. The summed E-state index contributed by atoms with van der Waals surface area (Å²) in [7, 11) is 1.62. The summed E-state index contributed by atoms with van der Waals surface area (Å²) in [4.78, 5) is 14.8. The zero-order valence-electron chi connectivity index (χ0n) is 20.7. The maximum Gasteiger partial charge on any atom is 0.318 e. The minimum absolute atomic E-state index is 0.125. The number of hydrogen-bond acceptors (Lipinski definition) is 4. The number of halogens is 1.